The van der Waals surface area contributed by atoms with E-state index in [0.29, 0.717) is 5.96 Å². The lowest BCUT2D eigenvalue weighted by Crippen LogP contribution is -2.45. The fourth-order valence-electron chi connectivity index (χ4n) is 4.42. The number of nitrogens with zero attached hydrogens (tertiary/aromatic N) is 2. The van der Waals surface area contributed by atoms with Crippen LogP contribution in [0.1, 0.15) is 37.7 Å². The van der Waals surface area contributed by atoms with E-state index < -0.39 is 5.54 Å². The summed E-state index contributed by atoms with van der Waals surface area (Å²) in [6.07, 6.45) is 5.60. The van der Waals surface area contributed by atoms with E-state index in [1.807, 2.05) is 18.2 Å². The molecule has 2 N–H and O–H groups in total. The number of hydrogen-bond acceptors (Lipinski definition) is 3. The molecular formula is C22H25N3O. The van der Waals surface area contributed by atoms with Crippen molar-refractivity contribution in [3.63, 3.8) is 0 Å². The van der Waals surface area contributed by atoms with Crippen molar-refractivity contribution < 1.29 is 4.79 Å². The van der Waals surface area contributed by atoms with Gasteiger partial charge in [-0.25, -0.2) is 4.99 Å². The maximum absolute atomic E-state index is 13.2. The smallest absolute Gasteiger partial charge is 0.261 e. The number of likely N-dealkylation sites (N-methyl/N-ethyl adjacent to an activating group) is 1. The van der Waals surface area contributed by atoms with Gasteiger partial charge in [0.15, 0.2) is 11.5 Å². The molecular weight excluding hydrogens is 322 g/mol. The monoisotopic (exact) mass is 347 g/mol. The number of carbonyl (C=O) groups excluding carboxylic acids is 1. The highest BCUT2D eigenvalue weighted by Gasteiger charge is 2.53. The molecule has 4 rings (SSSR count). The molecule has 2 aromatic rings. The van der Waals surface area contributed by atoms with Gasteiger partial charge in [0, 0.05) is 7.05 Å². The van der Waals surface area contributed by atoms with E-state index in [2.05, 4.69) is 36.4 Å². The maximum atomic E-state index is 13.2. The third kappa shape index (κ3) is 2.61. The lowest BCUT2D eigenvalue weighted by atomic mass is 9.71. The van der Waals surface area contributed by atoms with E-state index in [9.17, 15) is 4.79 Å². The Kier molecular flexibility index (Phi) is 4.27. The van der Waals surface area contributed by atoms with E-state index >= 15 is 0 Å². The number of guanidine groups is 1. The zero-order valence-corrected chi connectivity index (χ0v) is 15.2. The highest BCUT2D eigenvalue weighted by molar-refractivity contribution is 6.07. The first kappa shape index (κ1) is 16.8. The summed E-state index contributed by atoms with van der Waals surface area (Å²) in [5.41, 5.74) is 8.48. The molecule has 0 spiro atoms. The van der Waals surface area contributed by atoms with E-state index in [1.165, 1.54) is 16.9 Å². The maximum Gasteiger partial charge on any atom is 0.261 e. The lowest BCUT2D eigenvalue weighted by Gasteiger charge is -2.36. The van der Waals surface area contributed by atoms with Gasteiger partial charge in [0.1, 0.15) is 0 Å². The molecule has 1 unspecified atom stereocenters. The summed E-state index contributed by atoms with van der Waals surface area (Å²) in [5, 5.41) is 0. The summed E-state index contributed by atoms with van der Waals surface area (Å²) in [5.74, 6) is 0.553. The van der Waals surface area contributed by atoms with Crippen LogP contribution in [0.4, 0.5) is 0 Å². The Balaban J connectivity index is 1.77. The largest absolute Gasteiger partial charge is 0.369 e. The number of aliphatic imine (C=N–C) groups is 1. The standard InChI is InChI=1S/C22H25N3O/c1-25-20(26)22(24-21(25)23,18-10-6-3-7-11-18)19-14-12-17(13-15-19)16-8-4-2-5-9-16/h2,4-5,8-9,12-15,18H,3,6-7,10-11H2,1H3,(H2,23,24). The minimum absolute atomic E-state index is 0.00867. The normalized spacial score (nSPS) is 24.0. The highest BCUT2D eigenvalue weighted by Crippen LogP contribution is 2.46. The molecule has 26 heavy (non-hydrogen) atoms. The second-order valence-corrected chi connectivity index (χ2v) is 7.38. The minimum Gasteiger partial charge on any atom is -0.369 e. The van der Waals surface area contributed by atoms with Gasteiger partial charge in [-0.15, -0.1) is 0 Å². The fourth-order valence-corrected chi connectivity index (χ4v) is 4.42. The van der Waals surface area contributed by atoms with Crippen LogP contribution < -0.4 is 5.73 Å². The van der Waals surface area contributed by atoms with Gasteiger partial charge in [-0.3, -0.25) is 9.69 Å². The van der Waals surface area contributed by atoms with Crippen LogP contribution >= 0.6 is 0 Å². The van der Waals surface area contributed by atoms with E-state index in [0.717, 1.165) is 36.8 Å². The van der Waals surface area contributed by atoms with Crippen LogP contribution in [0.25, 0.3) is 11.1 Å². The molecule has 4 heteroatoms. The zero-order chi connectivity index (χ0) is 18.1. The molecule has 1 atom stereocenters. The van der Waals surface area contributed by atoms with Gasteiger partial charge < -0.3 is 5.73 Å². The van der Waals surface area contributed by atoms with Crippen LogP contribution in [0.5, 0.6) is 0 Å². The molecule has 0 radical (unpaired) electrons. The predicted octanol–water partition coefficient (Wildman–Crippen LogP) is 3.92. The van der Waals surface area contributed by atoms with E-state index in [4.69, 9.17) is 10.7 Å². The number of benzene rings is 2. The number of nitrogens with two attached hydrogens (primary N) is 1. The number of carbonyl (C=O) groups is 1. The molecule has 2 aliphatic rings. The van der Waals surface area contributed by atoms with Crippen molar-refractivity contribution in [2.75, 3.05) is 7.05 Å². The Morgan fingerprint density at radius 3 is 2.15 bits per heavy atom. The van der Waals surface area contributed by atoms with Crippen molar-refractivity contribution in [3.05, 3.63) is 60.2 Å². The summed E-state index contributed by atoms with van der Waals surface area (Å²) < 4.78 is 0. The first-order chi connectivity index (χ1) is 12.6. The Morgan fingerprint density at radius 2 is 1.58 bits per heavy atom. The van der Waals surface area contributed by atoms with Gasteiger partial charge in [0.2, 0.25) is 0 Å². The van der Waals surface area contributed by atoms with Crippen molar-refractivity contribution in [2.24, 2.45) is 16.6 Å². The van der Waals surface area contributed by atoms with Crippen molar-refractivity contribution >= 4 is 11.9 Å². The molecule has 4 nitrogen and oxygen atoms in total. The molecule has 2 aromatic carbocycles. The van der Waals surface area contributed by atoms with Crippen LogP contribution in [0.3, 0.4) is 0 Å². The number of hydrogen-bond donors (Lipinski definition) is 1. The lowest BCUT2D eigenvalue weighted by molar-refractivity contribution is -0.133. The molecule has 134 valence electrons. The second-order valence-electron chi connectivity index (χ2n) is 7.38. The molecule has 1 heterocycles. The average Bonchev–Trinajstić information content (AvgIpc) is 2.94. The van der Waals surface area contributed by atoms with Gasteiger partial charge in [-0.2, -0.15) is 0 Å². The Bertz CT molecular complexity index is 822. The topological polar surface area (TPSA) is 58.7 Å². The number of amides is 1. The van der Waals surface area contributed by atoms with Gasteiger partial charge >= 0.3 is 0 Å². The van der Waals surface area contributed by atoms with Crippen LogP contribution in [0, 0.1) is 5.92 Å². The molecule has 1 fully saturated rings. The Labute approximate surface area is 154 Å². The Hall–Kier alpha value is -2.62. The van der Waals surface area contributed by atoms with E-state index in [-0.39, 0.29) is 11.8 Å². The van der Waals surface area contributed by atoms with Crippen molar-refractivity contribution in [2.45, 2.75) is 37.6 Å². The van der Waals surface area contributed by atoms with E-state index in [1.54, 1.807) is 7.05 Å². The molecule has 0 aromatic heterocycles. The summed E-state index contributed by atoms with van der Waals surface area (Å²) in [7, 11) is 1.73. The van der Waals surface area contributed by atoms with Crippen LogP contribution in [0.15, 0.2) is 59.6 Å². The highest BCUT2D eigenvalue weighted by atomic mass is 16.2. The van der Waals surface area contributed by atoms with Crippen LogP contribution in [0.2, 0.25) is 0 Å². The second kappa shape index (κ2) is 6.60. The Morgan fingerprint density at radius 1 is 0.962 bits per heavy atom. The van der Waals surface area contributed by atoms with Crippen molar-refractivity contribution in [1.82, 2.24) is 4.90 Å². The molecule has 1 saturated carbocycles. The number of rotatable bonds is 3. The van der Waals surface area contributed by atoms with Crippen LogP contribution in [-0.4, -0.2) is 23.8 Å². The van der Waals surface area contributed by atoms with Gasteiger partial charge in [0.25, 0.3) is 5.91 Å². The minimum atomic E-state index is -0.853. The third-order valence-corrected chi connectivity index (χ3v) is 5.89. The molecule has 0 bridgehead atoms. The first-order valence-corrected chi connectivity index (χ1v) is 9.42. The quantitative estimate of drug-likeness (QED) is 0.915. The van der Waals surface area contributed by atoms with Crippen LogP contribution in [-0.2, 0) is 10.3 Å². The van der Waals surface area contributed by atoms with Gasteiger partial charge in [-0.1, -0.05) is 73.9 Å². The third-order valence-electron chi connectivity index (χ3n) is 5.89. The van der Waals surface area contributed by atoms with Gasteiger partial charge in [-0.05, 0) is 35.4 Å². The summed E-state index contributed by atoms with van der Waals surface area (Å²) in [6.45, 7) is 0. The molecule has 0 saturated heterocycles. The molecule has 1 aliphatic carbocycles. The molecule has 1 amide bonds. The average molecular weight is 347 g/mol. The predicted molar refractivity (Wildman–Crippen MR) is 105 cm³/mol. The first-order valence-electron chi connectivity index (χ1n) is 9.42. The fraction of sp³-hybridized carbons (Fsp3) is 0.364. The summed E-state index contributed by atoms with van der Waals surface area (Å²) in [4.78, 5) is 19.5. The zero-order valence-electron chi connectivity index (χ0n) is 15.2. The SMILES string of the molecule is CN1C(=O)C(c2ccc(-c3ccccc3)cc2)(C2CCCCC2)N=C1N. The summed E-state index contributed by atoms with van der Waals surface area (Å²) >= 11 is 0. The summed E-state index contributed by atoms with van der Waals surface area (Å²) in [6, 6.07) is 18.6. The molecule has 1 aliphatic heterocycles. The van der Waals surface area contributed by atoms with Crippen molar-refractivity contribution in [3.8, 4) is 11.1 Å². The van der Waals surface area contributed by atoms with Gasteiger partial charge in [0.05, 0.1) is 0 Å². The van der Waals surface area contributed by atoms with Crippen molar-refractivity contribution in [1.29, 1.82) is 0 Å².